The lowest BCUT2D eigenvalue weighted by Gasteiger charge is -2.29. The van der Waals surface area contributed by atoms with E-state index in [1.165, 1.54) is 12.0 Å². The first-order valence-corrected chi connectivity index (χ1v) is 9.14. The van der Waals surface area contributed by atoms with E-state index >= 15 is 0 Å². The third-order valence-corrected chi connectivity index (χ3v) is 4.52. The van der Waals surface area contributed by atoms with Crippen LogP contribution in [-0.2, 0) is 25.5 Å². The molecule has 1 aromatic rings. The molecule has 7 nitrogen and oxygen atoms in total. The van der Waals surface area contributed by atoms with Crippen LogP contribution in [0.1, 0.15) is 39.7 Å². The summed E-state index contributed by atoms with van der Waals surface area (Å²) in [6.45, 7) is 6.98. The number of nitrogens with one attached hydrogen (secondary N) is 1. The summed E-state index contributed by atoms with van der Waals surface area (Å²) in [5, 5.41) is 3.06. The van der Waals surface area contributed by atoms with Crippen molar-refractivity contribution < 1.29 is 23.9 Å². The number of carbonyl (C=O) groups is 3. The smallest absolute Gasteiger partial charge is 0.408 e. The average molecular weight is 397 g/mol. The fourth-order valence-electron chi connectivity index (χ4n) is 2.98. The Morgan fingerprint density at radius 1 is 1.33 bits per heavy atom. The number of amides is 2. The van der Waals surface area contributed by atoms with Crippen LogP contribution in [0.2, 0.25) is 5.02 Å². The van der Waals surface area contributed by atoms with Gasteiger partial charge >= 0.3 is 12.1 Å². The number of ether oxygens (including phenoxy) is 2. The van der Waals surface area contributed by atoms with Gasteiger partial charge in [-0.15, -0.1) is 0 Å². The number of hydrogen-bond donors (Lipinski definition) is 1. The topological polar surface area (TPSA) is 84.9 Å². The molecule has 0 saturated carbocycles. The Hall–Kier alpha value is -2.28. The minimum absolute atomic E-state index is 0.260. The van der Waals surface area contributed by atoms with E-state index in [9.17, 15) is 14.4 Å². The van der Waals surface area contributed by atoms with Crippen molar-refractivity contribution >= 4 is 35.3 Å². The van der Waals surface area contributed by atoms with Gasteiger partial charge in [-0.1, -0.05) is 24.6 Å². The van der Waals surface area contributed by atoms with Crippen molar-refractivity contribution in [3.63, 3.8) is 0 Å². The first-order chi connectivity index (χ1) is 12.6. The summed E-state index contributed by atoms with van der Waals surface area (Å²) in [7, 11) is 1.27. The largest absolute Gasteiger partial charge is 0.467 e. The number of rotatable bonds is 4. The molecule has 1 heterocycles. The molecule has 2 amide bonds. The highest BCUT2D eigenvalue weighted by molar-refractivity contribution is 6.32. The van der Waals surface area contributed by atoms with Gasteiger partial charge < -0.3 is 14.8 Å². The van der Waals surface area contributed by atoms with Crippen molar-refractivity contribution in [2.45, 2.75) is 58.2 Å². The van der Waals surface area contributed by atoms with Crippen LogP contribution in [-0.4, -0.2) is 42.8 Å². The molecule has 27 heavy (non-hydrogen) atoms. The molecule has 2 atom stereocenters. The second-order valence-electron chi connectivity index (χ2n) is 7.30. The maximum atomic E-state index is 13.2. The second kappa shape index (κ2) is 8.17. The summed E-state index contributed by atoms with van der Waals surface area (Å²) < 4.78 is 10.1. The summed E-state index contributed by atoms with van der Waals surface area (Å²) in [4.78, 5) is 38.9. The lowest BCUT2D eigenvalue weighted by atomic mass is 10.1. The molecule has 1 aliphatic heterocycles. The molecular formula is C19H25ClN2O5. The predicted octanol–water partition coefficient (Wildman–Crippen LogP) is 3.07. The molecule has 0 radical (unpaired) electrons. The van der Waals surface area contributed by atoms with Crippen LogP contribution in [0.25, 0.3) is 0 Å². The summed E-state index contributed by atoms with van der Waals surface area (Å²) in [6, 6.07) is 3.47. The van der Waals surface area contributed by atoms with Crippen LogP contribution in [0, 0.1) is 0 Å². The van der Waals surface area contributed by atoms with Crippen LogP contribution in [0.4, 0.5) is 10.5 Å². The molecule has 1 aliphatic rings. The van der Waals surface area contributed by atoms with Crippen LogP contribution in [0.3, 0.4) is 0 Å². The molecule has 0 saturated heterocycles. The first kappa shape index (κ1) is 21.0. The molecule has 0 aromatic heterocycles. The van der Waals surface area contributed by atoms with Gasteiger partial charge in [-0.3, -0.25) is 9.69 Å². The minimum atomic E-state index is -0.850. The van der Waals surface area contributed by atoms with Crippen molar-refractivity contribution in [3.05, 3.63) is 28.8 Å². The number of esters is 1. The Morgan fingerprint density at radius 2 is 2.00 bits per heavy atom. The highest BCUT2D eigenvalue weighted by Gasteiger charge is 2.42. The van der Waals surface area contributed by atoms with Crippen molar-refractivity contribution in [1.82, 2.24) is 5.32 Å². The zero-order valence-corrected chi connectivity index (χ0v) is 16.9. The summed E-state index contributed by atoms with van der Waals surface area (Å²) in [5.74, 6) is -0.956. The molecule has 2 rings (SSSR count). The zero-order chi connectivity index (χ0) is 20.4. The van der Waals surface area contributed by atoms with E-state index in [1.54, 1.807) is 45.9 Å². The molecule has 0 aliphatic carbocycles. The van der Waals surface area contributed by atoms with Gasteiger partial charge in [-0.25, -0.2) is 9.59 Å². The average Bonchev–Trinajstić information content (AvgIpc) is 2.97. The highest BCUT2D eigenvalue weighted by atomic mass is 35.5. The van der Waals surface area contributed by atoms with Gasteiger partial charge in [0.25, 0.3) is 5.91 Å². The monoisotopic (exact) mass is 396 g/mol. The number of alkyl carbamates (subject to hydrolysis) is 1. The fourth-order valence-corrected chi connectivity index (χ4v) is 3.23. The van der Waals surface area contributed by atoms with E-state index < -0.39 is 35.7 Å². The number of nitrogens with zero attached hydrogens (tertiary/aromatic N) is 1. The van der Waals surface area contributed by atoms with Crippen LogP contribution >= 0.6 is 11.6 Å². The van der Waals surface area contributed by atoms with Gasteiger partial charge in [-0.05, 0) is 44.9 Å². The summed E-state index contributed by atoms with van der Waals surface area (Å²) in [5.41, 5.74) is 0.565. The van der Waals surface area contributed by atoms with Crippen LogP contribution < -0.4 is 10.2 Å². The van der Waals surface area contributed by atoms with E-state index in [-0.39, 0.29) is 6.42 Å². The Morgan fingerprint density at radius 3 is 2.56 bits per heavy atom. The summed E-state index contributed by atoms with van der Waals surface area (Å²) in [6.07, 6.45) is -0.0999. The molecule has 0 bridgehead atoms. The van der Waals surface area contributed by atoms with Gasteiger partial charge in [0.05, 0.1) is 7.11 Å². The number of carbonyl (C=O) groups excluding carboxylic acids is 3. The van der Waals surface area contributed by atoms with E-state index in [0.29, 0.717) is 22.7 Å². The third kappa shape index (κ3) is 4.71. The minimum Gasteiger partial charge on any atom is -0.467 e. The SMILES string of the molecule is CC[C@H](NC(=O)OC(C)(C)C)C(=O)N1c2cccc(Cl)c2CC1C(=O)OC. The Kier molecular flexibility index (Phi) is 6.36. The number of methoxy groups -OCH3 is 1. The molecule has 1 N–H and O–H groups in total. The predicted molar refractivity (Wildman–Crippen MR) is 102 cm³/mol. The molecule has 1 unspecified atom stereocenters. The number of fused-ring (bicyclic) bond motifs is 1. The first-order valence-electron chi connectivity index (χ1n) is 8.76. The maximum absolute atomic E-state index is 13.2. The van der Waals surface area contributed by atoms with Gasteiger partial charge in [0.1, 0.15) is 17.7 Å². The zero-order valence-electron chi connectivity index (χ0n) is 16.2. The number of halogens is 1. The Bertz CT molecular complexity index is 744. The molecule has 0 spiro atoms. The van der Waals surface area contributed by atoms with E-state index in [0.717, 1.165) is 0 Å². The molecule has 1 aromatic carbocycles. The van der Waals surface area contributed by atoms with Crippen molar-refractivity contribution in [2.24, 2.45) is 0 Å². The second-order valence-corrected chi connectivity index (χ2v) is 7.70. The van der Waals surface area contributed by atoms with Gasteiger partial charge in [0, 0.05) is 17.1 Å². The van der Waals surface area contributed by atoms with Crippen LogP contribution in [0.5, 0.6) is 0 Å². The van der Waals surface area contributed by atoms with Gasteiger partial charge in [-0.2, -0.15) is 0 Å². The van der Waals surface area contributed by atoms with E-state index in [1.807, 2.05) is 0 Å². The molecule has 0 fully saturated rings. The van der Waals surface area contributed by atoms with E-state index in [4.69, 9.17) is 21.1 Å². The van der Waals surface area contributed by atoms with Gasteiger partial charge in [0.15, 0.2) is 0 Å². The third-order valence-electron chi connectivity index (χ3n) is 4.17. The molecule has 8 heteroatoms. The standard InChI is InChI=1S/C19H25ClN2O5/c1-6-13(21-18(25)27-19(2,3)4)16(23)22-14-9-7-8-12(20)11(14)10-15(22)17(24)26-5/h7-9,13,15H,6,10H2,1-5H3,(H,21,25)/t13-,15?/m0/s1. The fraction of sp³-hybridized carbons (Fsp3) is 0.526. The number of benzene rings is 1. The molecular weight excluding hydrogens is 372 g/mol. The van der Waals surface area contributed by atoms with Crippen molar-refractivity contribution in [3.8, 4) is 0 Å². The maximum Gasteiger partial charge on any atom is 0.408 e. The van der Waals surface area contributed by atoms with E-state index in [2.05, 4.69) is 5.32 Å². The Balaban J connectivity index is 2.31. The Labute approximate surface area is 163 Å². The molecule has 148 valence electrons. The van der Waals surface area contributed by atoms with Crippen LogP contribution in [0.15, 0.2) is 18.2 Å². The number of anilines is 1. The quantitative estimate of drug-likeness (QED) is 0.790. The lowest BCUT2D eigenvalue weighted by Crippen LogP contribution is -2.53. The summed E-state index contributed by atoms with van der Waals surface area (Å²) >= 11 is 6.24. The van der Waals surface area contributed by atoms with Gasteiger partial charge in [0.2, 0.25) is 0 Å². The van der Waals surface area contributed by atoms with Crippen molar-refractivity contribution in [1.29, 1.82) is 0 Å². The van der Waals surface area contributed by atoms with Crippen molar-refractivity contribution in [2.75, 3.05) is 12.0 Å². The highest BCUT2D eigenvalue weighted by Crippen LogP contribution is 2.37. The lowest BCUT2D eigenvalue weighted by molar-refractivity contribution is -0.143. The number of hydrogen-bond acceptors (Lipinski definition) is 5. The normalized spacial score (nSPS) is 17.1.